The molecule has 0 bridgehead atoms. The lowest BCUT2D eigenvalue weighted by molar-refractivity contribution is 0.0990. The van der Waals surface area contributed by atoms with E-state index in [1.54, 1.807) is 23.9 Å². The Hall–Kier alpha value is -1.69. The number of rotatable bonds is 4. The van der Waals surface area contributed by atoms with Crippen LogP contribution in [0.15, 0.2) is 35.7 Å². The highest BCUT2D eigenvalue weighted by Crippen LogP contribution is 2.24. The lowest BCUT2D eigenvalue weighted by Gasteiger charge is -2.10. The number of nitrogens with zero attached hydrogens (tertiary/aromatic N) is 2. The number of carbonyl (C=O) groups excluding carboxylic acids is 1. The van der Waals surface area contributed by atoms with Crippen molar-refractivity contribution in [3.63, 3.8) is 0 Å². The van der Waals surface area contributed by atoms with Gasteiger partial charge in [-0.3, -0.25) is 4.79 Å². The van der Waals surface area contributed by atoms with Crippen molar-refractivity contribution in [2.24, 2.45) is 7.05 Å². The molecule has 0 aliphatic carbocycles. The van der Waals surface area contributed by atoms with Gasteiger partial charge in [-0.2, -0.15) is 0 Å². The summed E-state index contributed by atoms with van der Waals surface area (Å²) in [5.41, 5.74) is -0.101. The van der Waals surface area contributed by atoms with E-state index in [0.717, 1.165) is 6.07 Å². The molecule has 1 unspecified atom stereocenters. The molecule has 3 nitrogen and oxygen atoms in total. The van der Waals surface area contributed by atoms with Crippen LogP contribution in [-0.4, -0.2) is 20.6 Å². The van der Waals surface area contributed by atoms with Crippen LogP contribution in [0.1, 0.15) is 17.3 Å². The first-order valence-electron chi connectivity index (χ1n) is 5.62. The average Bonchev–Trinajstić information content (AvgIpc) is 2.74. The van der Waals surface area contributed by atoms with Crippen LogP contribution in [0.25, 0.3) is 0 Å². The Bertz CT molecular complexity index is 612. The van der Waals surface area contributed by atoms with Crippen molar-refractivity contribution in [1.82, 2.24) is 9.55 Å². The Labute approximate surface area is 113 Å². The van der Waals surface area contributed by atoms with Gasteiger partial charge in [-0.15, -0.1) is 0 Å². The quantitative estimate of drug-likeness (QED) is 0.638. The largest absolute Gasteiger partial charge is 0.329 e. The fourth-order valence-corrected chi connectivity index (χ4v) is 2.48. The highest BCUT2D eigenvalue weighted by Gasteiger charge is 2.21. The third-order valence-electron chi connectivity index (χ3n) is 2.62. The second-order valence-corrected chi connectivity index (χ2v) is 5.38. The van der Waals surface area contributed by atoms with Gasteiger partial charge in [0.25, 0.3) is 0 Å². The molecule has 100 valence electrons. The molecule has 0 radical (unpaired) electrons. The standard InChI is InChI=1S/C13H12F2N2OS/c1-8(19-13-16-5-6-17(13)2)12(18)10-4-3-9(14)7-11(10)15/h3-8H,1-2H3. The van der Waals surface area contributed by atoms with Crippen LogP contribution < -0.4 is 0 Å². The van der Waals surface area contributed by atoms with Gasteiger partial charge in [-0.25, -0.2) is 13.8 Å². The number of hydrogen-bond donors (Lipinski definition) is 0. The number of halogens is 2. The Morgan fingerprint density at radius 1 is 1.42 bits per heavy atom. The smallest absolute Gasteiger partial charge is 0.178 e. The van der Waals surface area contributed by atoms with E-state index in [4.69, 9.17) is 0 Å². The van der Waals surface area contributed by atoms with Crippen LogP contribution in [0.3, 0.4) is 0 Å². The molecule has 0 aliphatic rings. The Kier molecular flexibility index (Phi) is 3.99. The number of carbonyl (C=O) groups is 1. The molecule has 0 aliphatic heterocycles. The van der Waals surface area contributed by atoms with Crippen LogP contribution in [0.2, 0.25) is 0 Å². The fourth-order valence-electron chi connectivity index (χ4n) is 1.59. The second kappa shape index (κ2) is 5.52. The number of imidazole rings is 1. The van der Waals surface area contributed by atoms with E-state index in [9.17, 15) is 13.6 Å². The summed E-state index contributed by atoms with van der Waals surface area (Å²) in [5, 5.41) is 0.171. The molecule has 0 spiro atoms. The number of Topliss-reactive ketones (excluding diaryl/α,β-unsaturated/α-hetero) is 1. The summed E-state index contributed by atoms with van der Waals surface area (Å²) < 4.78 is 28.1. The summed E-state index contributed by atoms with van der Waals surface area (Å²) in [6, 6.07) is 2.96. The van der Waals surface area contributed by atoms with Gasteiger partial charge >= 0.3 is 0 Å². The SMILES string of the molecule is CC(Sc1nccn1C)C(=O)c1ccc(F)cc1F. The predicted octanol–water partition coefficient (Wildman–Crippen LogP) is 3.06. The number of thioether (sulfide) groups is 1. The zero-order chi connectivity index (χ0) is 14.0. The molecular formula is C13H12F2N2OS. The number of benzene rings is 1. The van der Waals surface area contributed by atoms with Crippen LogP contribution in [0.5, 0.6) is 0 Å². The van der Waals surface area contributed by atoms with Crippen molar-refractivity contribution in [2.45, 2.75) is 17.3 Å². The van der Waals surface area contributed by atoms with Crippen molar-refractivity contribution in [3.8, 4) is 0 Å². The average molecular weight is 282 g/mol. The first-order valence-corrected chi connectivity index (χ1v) is 6.50. The zero-order valence-electron chi connectivity index (χ0n) is 10.4. The van der Waals surface area contributed by atoms with Crippen LogP contribution in [-0.2, 0) is 7.05 Å². The summed E-state index contributed by atoms with van der Waals surface area (Å²) in [7, 11) is 1.81. The molecule has 1 heterocycles. The highest BCUT2D eigenvalue weighted by molar-refractivity contribution is 8.00. The summed E-state index contributed by atoms with van der Waals surface area (Å²) in [6.45, 7) is 1.67. The van der Waals surface area contributed by atoms with E-state index >= 15 is 0 Å². The Balaban J connectivity index is 2.17. The molecule has 1 aromatic heterocycles. The van der Waals surface area contributed by atoms with Crippen molar-refractivity contribution in [3.05, 3.63) is 47.8 Å². The second-order valence-electron chi connectivity index (χ2n) is 4.07. The lowest BCUT2D eigenvalue weighted by atomic mass is 10.1. The van der Waals surface area contributed by atoms with Crippen LogP contribution in [0.4, 0.5) is 8.78 Å². The molecule has 0 saturated heterocycles. The molecule has 1 aromatic carbocycles. The molecule has 0 amide bonds. The monoisotopic (exact) mass is 282 g/mol. The maximum atomic E-state index is 13.5. The molecule has 0 saturated carbocycles. The minimum Gasteiger partial charge on any atom is -0.329 e. The molecule has 2 aromatic rings. The van der Waals surface area contributed by atoms with Crippen LogP contribution in [0, 0.1) is 11.6 Å². The predicted molar refractivity (Wildman–Crippen MR) is 69.2 cm³/mol. The lowest BCUT2D eigenvalue weighted by Crippen LogP contribution is -2.16. The van der Waals surface area contributed by atoms with Gasteiger partial charge in [0.15, 0.2) is 10.9 Å². The summed E-state index contributed by atoms with van der Waals surface area (Å²) in [6.07, 6.45) is 3.38. The van der Waals surface area contributed by atoms with Crippen molar-refractivity contribution in [1.29, 1.82) is 0 Å². The van der Waals surface area contributed by atoms with Gasteiger partial charge in [-0.1, -0.05) is 11.8 Å². The normalized spacial score (nSPS) is 12.4. The fraction of sp³-hybridized carbons (Fsp3) is 0.231. The number of ketones is 1. The van der Waals surface area contributed by atoms with Crippen molar-refractivity contribution >= 4 is 17.5 Å². The van der Waals surface area contributed by atoms with Crippen molar-refractivity contribution in [2.75, 3.05) is 0 Å². The van der Waals surface area contributed by atoms with E-state index in [1.165, 1.54) is 17.8 Å². The van der Waals surface area contributed by atoms with Gasteiger partial charge in [0.2, 0.25) is 0 Å². The number of aromatic nitrogens is 2. The van der Waals surface area contributed by atoms with Gasteiger partial charge in [0, 0.05) is 25.5 Å². The van der Waals surface area contributed by atoms with Gasteiger partial charge in [0.1, 0.15) is 11.6 Å². The van der Waals surface area contributed by atoms with E-state index in [1.807, 2.05) is 7.05 Å². The summed E-state index contributed by atoms with van der Waals surface area (Å²) >= 11 is 1.23. The molecule has 0 N–H and O–H groups in total. The van der Waals surface area contributed by atoms with Crippen molar-refractivity contribution < 1.29 is 13.6 Å². The van der Waals surface area contributed by atoms with Gasteiger partial charge in [-0.05, 0) is 19.1 Å². The van der Waals surface area contributed by atoms with Crippen LogP contribution >= 0.6 is 11.8 Å². The molecule has 6 heteroatoms. The highest BCUT2D eigenvalue weighted by atomic mass is 32.2. The summed E-state index contributed by atoms with van der Waals surface area (Å²) in [5.74, 6) is -1.92. The zero-order valence-corrected chi connectivity index (χ0v) is 11.2. The van der Waals surface area contributed by atoms with E-state index in [2.05, 4.69) is 4.98 Å². The minimum absolute atomic E-state index is 0.101. The topological polar surface area (TPSA) is 34.9 Å². The molecule has 2 rings (SSSR count). The Morgan fingerprint density at radius 3 is 2.74 bits per heavy atom. The van der Waals surface area contributed by atoms with E-state index < -0.39 is 16.9 Å². The number of aryl methyl sites for hydroxylation is 1. The molecular weight excluding hydrogens is 270 g/mol. The first-order chi connectivity index (χ1) is 8.99. The summed E-state index contributed by atoms with van der Waals surface area (Å²) in [4.78, 5) is 16.2. The molecule has 1 atom stereocenters. The van der Waals surface area contributed by atoms with Gasteiger partial charge in [0.05, 0.1) is 10.8 Å². The number of hydrogen-bond acceptors (Lipinski definition) is 3. The maximum absolute atomic E-state index is 13.5. The van der Waals surface area contributed by atoms with Gasteiger partial charge < -0.3 is 4.57 Å². The molecule has 0 fully saturated rings. The third-order valence-corrected chi connectivity index (χ3v) is 3.80. The first kappa shape index (κ1) is 13.7. The maximum Gasteiger partial charge on any atom is 0.178 e. The van der Waals surface area contributed by atoms with E-state index in [-0.39, 0.29) is 11.3 Å². The minimum atomic E-state index is -0.836. The molecule has 19 heavy (non-hydrogen) atoms. The Morgan fingerprint density at radius 2 is 2.16 bits per heavy atom. The van der Waals surface area contributed by atoms with E-state index in [0.29, 0.717) is 11.2 Å². The third kappa shape index (κ3) is 3.01.